The Bertz CT molecular complexity index is 1580. The molecule has 39 heavy (non-hydrogen) atoms. The predicted octanol–water partition coefficient (Wildman–Crippen LogP) is 4.35. The van der Waals surface area contributed by atoms with Crippen molar-refractivity contribution in [3.63, 3.8) is 0 Å². The van der Waals surface area contributed by atoms with Crippen molar-refractivity contribution in [3.8, 4) is 6.07 Å². The Kier molecular flexibility index (Phi) is 6.34. The monoisotopic (exact) mass is 557 g/mol. The Morgan fingerprint density at radius 3 is 2.72 bits per heavy atom. The molecule has 2 aliphatic heterocycles. The zero-order valence-corrected chi connectivity index (χ0v) is 21.6. The average Bonchev–Trinajstić information content (AvgIpc) is 3.52. The number of carbonyl (C=O) groups excluding carboxylic acids is 3. The molecule has 3 amide bonds. The second kappa shape index (κ2) is 9.31. The highest BCUT2D eigenvalue weighted by Gasteiger charge is 2.56. The maximum atomic E-state index is 14.8. The fraction of sp³-hybridized carbons (Fsp3) is 0.333. The average molecular weight is 558 g/mol. The molecule has 1 fully saturated rings. The lowest BCUT2D eigenvalue weighted by Gasteiger charge is -2.29. The van der Waals surface area contributed by atoms with Crippen LogP contribution in [0, 0.1) is 23.0 Å². The topological polar surface area (TPSA) is 118 Å². The Morgan fingerprint density at radius 1 is 1.28 bits per heavy atom. The Morgan fingerprint density at radius 2 is 2.03 bits per heavy atom. The van der Waals surface area contributed by atoms with Crippen LogP contribution in [0.25, 0.3) is 10.9 Å². The number of amides is 3. The van der Waals surface area contributed by atoms with E-state index < -0.39 is 58.9 Å². The first-order valence-corrected chi connectivity index (χ1v) is 12.5. The normalized spacial score (nSPS) is 21.1. The number of benzene rings is 2. The van der Waals surface area contributed by atoms with Gasteiger partial charge in [0.15, 0.2) is 0 Å². The highest BCUT2D eigenvalue weighted by Crippen LogP contribution is 2.47. The number of fused-ring (bicyclic) bond motifs is 3. The smallest absolute Gasteiger partial charge is 0.268 e. The van der Waals surface area contributed by atoms with Crippen LogP contribution in [-0.2, 0) is 15.0 Å². The Balaban J connectivity index is 1.45. The number of likely N-dealkylation sites (tertiary alicyclic amines) is 1. The number of hydrogen-bond acceptors (Lipinski definition) is 4. The fourth-order valence-electron chi connectivity index (χ4n) is 5.40. The molecule has 0 aliphatic carbocycles. The molecule has 3 atom stereocenters. The summed E-state index contributed by atoms with van der Waals surface area (Å²) in [6, 6.07) is 7.28. The highest BCUT2D eigenvalue weighted by atomic mass is 35.5. The van der Waals surface area contributed by atoms with Crippen LogP contribution in [0.1, 0.15) is 42.7 Å². The van der Waals surface area contributed by atoms with E-state index in [0.29, 0.717) is 22.3 Å². The lowest BCUT2D eigenvalue weighted by Crippen LogP contribution is -2.52. The van der Waals surface area contributed by atoms with Gasteiger partial charge in [-0.25, -0.2) is 13.2 Å². The number of halogens is 4. The minimum Gasteiger partial charge on any atom is -0.350 e. The summed E-state index contributed by atoms with van der Waals surface area (Å²) in [4.78, 5) is 43.7. The number of carbonyl (C=O) groups is 3. The first kappa shape index (κ1) is 26.6. The minimum atomic E-state index is -1.91. The standard InChI is InChI=1S/C27H23ClF3N5O3/c1-26(2,31)10-22(34-23(37)21-8-16-18(30)6-14(29)7-20(16)33-21)24(38)36-12-27(9-15(36)11-32)17-5-13(28)3-4-19(17)35-25(27)39/h3-8,15,22,33H,9-10,12H2,1-2H3,(H,34,37)(H,35,39)/t15-,22?,27-/m0/s1. The second-order valence-electron chi connectivity index (χ2n) is 10.5. The van der Waals surface area contributed by atoms with Gasteiger partial charge in [0.1, 0.15) is 35.1 Å². The Hall–Kier alpha value is -4.04. The van der Waals surface area contributed by atoms with Crippen LogP contribution in [0.2, 0.25) is 5.02 Å². The molecule has 8 nitrogen and oxygen atoms in total. The molecular weight excluding hydrogens is 535 g/mol. The minimum absolute atomic E-state index is 0.0129. The molecule has 3 aromatic rings. The number of alkyl halides is 1. The maximum absolute atomic E-state index is 14.8. The van der Waals surface area contributed by atoms with Gasteiger partial charge >= 0.3 is 0 Å². The fourth-order valence-corrected chi connectivity index (χ4v) is 5.57. The van der Waals surface area contributed by atoms with Crippen LogP contribution < -0.4 is 10.6 Å². The molecule has 1 aromatic heterocycles. The van der Waals surface area contributed by atoms with Crippen molar-refractivity contribution in [1.82, 2.24) is 15.2 Å². The van der Waals surface area contributed by atoms with Gasteiger partial charge < -0.3 is 20.5 Å². The van der Waals surface area contributed by atoms with E-state index in [0.717, 1.165) is 12.1 Å². The summed E-state index contributed by atoms with van der Waals surface area (Å²) in [6.45, 7) is 2.28. The highest BCUT2D eigenvalue weighted by molar-refractivity contribution is 6.31. The van der Waals surface area contributed by atoms with Crippen molar-refractivity contribution in [2.45, 2.75) is 49.9 Å². The van der Waals surface area contributed by atoms with Crippen LogP contribution in [0.5, 0.6) is 0 Å². The van der Waals surface area contributed by atoms with Gasteiger partial charge in [0.2, 0.25) is 11.8 Å². The van der Waals surface area contributed by atoms with Gasteiger partial charge in [-0.05, 0) is 49.7 Å². The predicted molar refractivity (Wildman–Crippen MR) is 137 cm³/mol. The van der Waals surface area contributed by atoms with E-state index in [1.165, 1.54) is 18.7 Å². The van der Waals surface area contributed by atoms with Crippen molar-refractivity contribution in [1.29, 1.82) is 5.26 Å². The number of hydrogen-bond donors (Lipinski definition) is 3. The molecule has 3 N–H and O–H groups in total. The van der Waals surface area contributed by atoms with E-state index in [4.69, 9.17) is 11.6 Å². The van der Waals surface area contributed by atoms with Gasteiger partial charge in [-0.1, -0.05) is 11.6 Å². The van der Waals surface area contributed by atoms with Gasteiger partial charge in [0.25, 0.3) is 5.91 Å². The first-order chi connectivity index (χ1) is 18.3. The first-order valence-electron chi connectivity index (χ1n) is 12.1. The van der Waals surface area contributed by atoms with E-state index in [2.05, 4.69) is 15.6 Å². The van der Waals surface area contributed by atoms with Crippen LogP contribution in [0.15, 0.2) is 36.4 Å². The summed E-state index contributed by atoms with van der Waals surface area (Å²) in [6.07, 6.45) is -0.460. The Labute approximate surface area is 226 Å². The molecule has 2 aliphatic rings. The number of aromatic amines is 1. The zero-order valence-electron chi connectivity index (χ0n) is 20.9. The van der Waals surface area contributed by atoms with Gasteiger partial charge in [-0.3, -0.25) is 14.4 Å². The molecule has 202 valence electrons. The SMILES string of the molecule is CC(C)(F)CC(NC(=O)c1cc2c(F)cc(F)cc2[nH]1)C(=O)N1C[C@]2(C[C@H]1C#N)C(=O)Nc1ccc(Cl)cc12. The largest absolute Gasteiger partial charge is 0.350 e. The lowest BCUT2D eigenvalue weighted by atomic mass is 9.80. The molecule has 5 rings (SSSR count). The van der Waals surface area contributed by atoms with Crippen LogP contribution >= 0.6 is 11.6 Å². The number of H-pyrrole nitrogens is 1. The molecule has 3 heterocycles. The third-order valence-electron chi connectivity index (χ3n) is 7.16. The van der Waals surface area contributed by atoms with E-state index in [1.807, 2.05) is 6.07 Å². The third kappa shape index (κ3) is 4.69. The molecule has 0 bridgehead atoms. The van der Waals surface area contributed by atoms with Crippen LogP contribution in [0.4, 0.5) is 18.9 Å². The maximum Gasteiger partial charge on any atom is 0.268 e. The van der Waals surface area contributed by atoms with Crippen molar-refractivity contribution in [2.75, 3.05) is 11.9 Å². The number of anilines is 1. The second-order valence-corrected chi connectivity index (χ2v) is 11.0. The van der Waals surface area contributed by atoms with Gasteiger partial charge in [-0.2, -0.15) is 5.26 Å². The van der Waals surface area contributed by atoms with Crippen LogP contribution in [0.3, 0.4) is 0 Å². The summed E-state index contributed by atoms with van der Waals surface area (Å²) >= 11 is 6.17. The molecule has 0 saturated carbocycles. The summed E-state index contributed by atoms with van der Waals surface area (Å²) < 4.78 is 42.6. The molecule has 1 spiro atoms. The summed E-state index contributed by atoms with van der Waals surface area (Å²) in [5, 5.41) is 15.5. The number of rotatable bonds is 5. The van der Waals surface area contributed by atoms with Crippen molar-refractivity contribution in [2.24, 2.45) is 0 Å². The molecule has 1 saturated heterocycles. The quantitative estimate of drug-likeness (QED) is 0.432. The summed E-state index contributed by atoms with van der Waals surface area (Å²) in [7, 11) is 0. The van der Waals surface area contributed by atoms with Crippen molar-refractivity contribution < 1.29 is 27.6 Å². The van der Waals surface area contributed by atoms with E-state index >= 15 is 0 Å². The van der Waals surface area contributed by atoms with E-state index in [-0.39, 0.29) is 29.6 Å². The van der Waals surface area contributed by atoms with E-state index in [9.17, 15) is 32.8 Å². The van der Waals surface area contributed by atoms with Gasteiger partial charge in [0, 0.05) is 41.5 Å². The zero-order chi connectivity index (χ0) is 28.3. The number of nitrogens with zero attached hydrogens (tertiary/aromatic N) is 2. The number of nitrogens with one attached hydrogen (secondary N) is 3. The lowest BCUT2D eigenvalue weighted by molar-refractivity contribution is -0.134. The molecule has 2 aromatic carbocycles. The number of nitriles is 1. The molecular formula is C27H23ClF3N5O3. The molecule has 0 radical (unpaired) electrons. The number of aromatic nitrogens is 1. The van der Waals surface area contributed by atoms with E-state index in [1.54, 1.807) is 18.2 Å². The van der Waals surface area contributed by atoms with Gasteiger partial charge in [-0.15, -0.1) is 0 Å². The molecule has 1 unspecified atom stereocenters. The molecule has 12 heteroatoms. The van der Waals surface area contributed by atoms with Gasteiger partial charge in [0.05, 0.1) is 17.0 Å². The van der Waals surface area contributed by atoms with Crippen molar-refractivity contribution >= 4 is 45.9 Å². The van der Waals surface area contributed by atoms with Crippen LogP contribution in [-0.4, -0.2) is 51.9 Å². The summed E-state index contributed by atoms with van der Waals surface area (Å²) in [5.41, 5.74) is -2.22. The van der Waals surface area contributed by atoms with Crippen molar-refractivity contribution in [3.05, 3.63) is 64.3 Å². The third-order valence-corrected chi connectivity index (χ3v) is 7.40. The summed E-state index contributed by atoms with van der Waals surface area (Å²) in [5.74, 6) is -3.73.